The summed E-state index contributed by atoms with van der Waals surface area (Å²) in [6.07, 6.45) is 0. The largest absolute Gasteiger partial charge is 0.490 e. The van der Waals surface area contributed by atoms with Crippen LogP contribution in [0.1, 0.15) is 41.7 Å². The molecule has 1 aromatic heterocycles. The molecule has 34 heavy (non-hydrogen) atoms. The average Bonchev–Trinajstić information content (AvgIpc) is 3.35. The van der Waals surface area contributed by atoms with Gasteiger partial charge in [0.05, 0.1) is 13.2 Å². The summed E-state index contributed by atoms with van der Waals surface area (Å²) in [6, 6.07) is 20.9. The van der Waals surface area contributed by atoms with Gasteiger partial charge in [-0.15, -0.1) is 10.2 Å². The zero-order valence-electron chi connectivity index (χ0n) is 18.8. The molecule has 0 radical (unpaired) electrons. The molecule has 8 heteroatoms. The van der Waals surface area contributed by atoms with E-state index in [4.69, 9.17) is 25.5 Å². The van der Waals surface area contributed by atoms with Gasteiger partial charge in [0.2, 0.25) is 11.8 Å². The molecule has 0 spiro atoms. The van der Waals surface area contributed by atoms with Gasteiger partial charge in [0.15, 0.2) is 11.5 Å². The van der Waals surface area contributed by atoms with E-state index in [0.717, 1.165) is 5.56 Å². The van der Waals surface area contributed by atoms with Gasteiger partial charge in [-0.1, -0.05) is 48.0 Å². The third kappa shape index (κ3) is 5.21. The molecular formula is C26H24ClN3O4. The average molecular weight is 478 g/mol. The molecule has 1 N–H and O–H groups in total. The molecule has 4 rings (SSSR count). The van der Waals surface area contributed by atoms with Crippen molar-refractivity contribution in [3.63, 3.8) is 0 Å². The highest BCUT2D eigenvalue weighted by Crippen LogP contribution is 2.31. The number of hydrogen-bond acceptors (Lipinski definition) is 6. The summed E-state index contributed by atoms with van der Waals surface area (Å²) in [5, 5.41) is 11.8. The highest BCUT2D eigenvalue weighted by atomic mass is 35.5. The van der Waals surface area contributed by atoms with E-state index in [0.29, 0.717) is 46.8 Å². The van der Waals surface area contributed by atoms with Crippen LogP contribution in [0.15, 0.2) is 77.2 Å². The van der Waals surface area contributed by atoms with Gasteiger partial charge in [0, 0.05) is 21.7 Å². The van der Waals surface area contributed by atoms with Crippen LogP contribution in [0.2, 0.25) is 5.02 Å². The number of carbonyl (C=O) groups excluding carboxylic acids is 1. The lowest BCUT2D eigenvalue weighted by atomic mass is 10.1. The Bertz CT molecular complexity index is 1260. The van der Waals surface area contributed by atoms with Gasteiger partial charge < -0.3 is 19.2 Å². The van der Waals surface area contributed by atoms with Crippen molar-refractivity contribution in [2.45, 2.75) is 19.9 Å². The van der Waals surface area contributed by atoms with Crippen LogP contribution in [0.4, 0.5) is 0 Å². The number of aromatic nitrogens is 2. The number of halogens is 1. The van der Waals surface area contributed by atoms with E-state index in [9.17, 15) is 4.79 Å². The van der Waals surface area contributed by atoms with Crippen LogP contribution < -0.4 is 14.8 Å². The number of hydrogen-bond donors (Lipinski definition) is 1. The van der Waals surface area contributed by atoms with Crippen LogP contribution in [0, 0.1) is 0 Å². The van der Waals surface area contributed by atoms with Gasteiger partial charge in [-0.3, -0.25) is 4.79 Å². The number of amides is 1. The monoisotopic (exact) mass is 477 g/mol. The summed E-state index contributed by atoms with van der Waals surface area (Å²) < 4.78 is 17.2. The minimum absolute atomic E-state index is 0.219. The number of benzene rings is 3. The molecule has 0 aliphatic heterocycles. The maximum Gasteiger partial charge on any atom is 0.252 e. The Kier molecular flexibility index (Phi) is 7.44. The zero-order valence-corrected chi connectivity index (χ0v) is 19.6. The summed E-state index contributed by atoms with van der Waals surface area (Å²) in [5.74, 6) is 1.29. The Labute approximate surface area is 202 Å². The molecule has 1 atom stereocenters. The van der Waals surface area contributed by atoms with Crippen LogP contribution in [0.25, 0.3) is 11.5 Å². The Morgan fingerprint density at radius 2 is 1.65 bits per heavy atom. The van der Waals surface area contributed by atoms with Gasteiger partial charge in [-0.05, 0) is 50.2 Å². The Balaban J connectivity index is 1.67. The smallest absolute Gasteiger partial charge is 0.252 e. The predicted octanol–water partition coefficient (Wildman–Crippen LogP) is 5.71. The maximum atomic E-state index is 13.3. The van der Waals surface area contributed by atoms with Crippen molar-refractivity contribution in [2.75, 3.05) is 13.2 Å². The van der Waals surface area contributed by atoms with Crippen molar-refractivity contribution in [3.05, 3.63) is 94.8 Å². The van der Waals surface area contributed by atoms with Crippen LogP contribution in [0.3, 0.4) is 0 Å². The lowest BCUT2D eigenvalue weighted by Crippen LogP contribution is -2.30. The molecule has 7 nitrogen and oxygen atoms in total. The first kappa shape index (κ1) is 23.3. The first-order chi connectivity index (χ1) is 16.6. The highest BCUT2D eigenvalue weighted by Gasteiger charge is 2.26. The Morgan fingerprint density at radius 1 is 0.941 bits per heavy atom. The molecule has 3 aromatic carbocycles. The van der Waals surface area contributed by atoms with Crippen LogP contribution in [-0.2, 0) is 0 Å². The molecule has 0 fully saturated rings. The maximum absolute atomic E-state index is 13.3. The topological polar surface area (TPSA) is 86.5 Å². The van der Waals surface area contributed by atoms with E-state index in [2.05, 4.69) is 15.5 Å². The number of nitrogens with zero attached hydrogens (tertiary/aromatic N) is 2. The zero-order chi connectivity index (χ0) is 23.9. The number of ether oxygens (including phenoxy) is 2. The second kappa shape index (κ2) is 10.9. The van der Waals surface area contributed by atoms with Crippen LogP contribution in [-0.4, -0.2) is 29.3 Å². The quantitative estimate of drug-likeness (QED) is 0.332. The van der Waals surface area contributed by atoms with Crippen LogP contribution >= 0.6 is 11.6 Å². The molecule has 0 bridgehead atoms. The summed E-state index contributed by atoms with van der Waals surface area (Å²) in [5.41, 5.74) is 1.81. The number of nitrogens with one attached hydrogen (secondary N) is 1. The molecule has 0 saturated heterocycles. The highest BCUT2D eigenvalue weighted by molar-refractivity contribution is 6.31. The fourth-order valence-electron chi connectivity index (χ4n) is 3.44. The van der Waals surface area contributed by atoms with E-state index in [1.807, 2.05) is 62.4 Å². The minimum Gasteiger partial charge on any atom is -0.490 e. The first-order valence-electron chi connectivity index (χ1n) is 10.9. The van der Waals surface area contributed by atoms with Crippen molar-refractivity contribution < 1.29 is 18.7 Å². The fraction of sp³-hybridized carbons (Fsp3) is 0.192. The van der Waals surface area contributed by atoms with Gasteiger partial charge in [0.1, 0.15) is 6.04 Å². The lowest BCUT2D eigenvalue weighted by Gasteiger charge is -2.18. The van der Waals surface area contributed by atoms with E-state index in [1.54, 1.807) is 24.3 Å². The summed E-state index contributed by atoms with van der Waals surface area (Å²) in [4.78, 5) is 13.3. The normalized spacial score (nSPS) is 11.6. The molecule has 0 unspecified atom stereocenters. The van der Waals surface area contributed by atoms with Crippen molar-refractivity contribution >= 4 is 17.5 Å². The molecule has 1 heterocycles. The van der Waals surface area contributed by atoms with Crippen molar-refractivity contribution in [3.8, 4) is 23.0 Å². The fourth-order valence-corrected chi connectivity index (χ4v) is 3.68. The van der Waals surface area contributed by atoms with E-state index in [-0.39, 0.29) is 11.8 Å². The van der Waals surface area contributed by atoms with Gasteiger partial charge in [0.25, 0.3) is 5.91 Å². The summed E-state index contributed by atoms with van der Waals surface area (Å²) in [6.45, 7) is 4.69. The molecule has 0 aliphatic rings. The minimum atomic E-state index is -0.756. The van der Waals surface area contributed by atoms with E-state index < -0.39 is 6.04 Å². The van der Waals surface area contributed by atoms with E-state index >= 15 is 0 Å². The van der Waals surface area contributed by atoms with Gasteiger partial charge >= 0.3 is 0 Å². The summed E-state index contributed by atoms with van der Waals surface area (Å²) >= 11 is 6.47. The van der Waals surface area contributed by atoms with Crippen molar-refractivity contribution in [1.29, 1.82) is 0 Å². The second-order valence-electron chi connectivity index (χ2n) is 7.27. The molecule has 174 valence electrons. The SMILES string of the molecule is CCOc1ccc(C(=O)N[C@H](c2nnc(-c3ccccc3)o2)c2ccccc2Cl)cc1OCC. The van der Waals surface area contributed by atoms with Crippen molar-refractivity contribution in [1.82, 2.24) is 15.5 Å². The third-order valence-electron chi connectivity index (χ3n) is 5.01. The molecule has 0 saturated carbocycles. The van der Waals surface area contributed by atoms with Crippen molar-refractivity contribution in [2.24, 2.45) is 0 Å². The Hall–Kier alpha value is -3.84. The van der Waals surface area contributed by atoms with E-state index in [1.165, 1.54) is 0 Å². The molecule has 0 aliphatic carbocycles. The van der Waals surface area contributed by atoms with Gasteiger partial charge in [-0.2, -0.15) is 0 Å². The lowest BCUT2D eigenvalue weighted by molar-refractivity contribution is 0.0937. The predicted molar refractivity (Wildman–Crippen MR) is 129 cm³/mol. The Morgan fingerprint density at radius 3 is 2.38 bits per heavy atom. The molecule has 1 amide bonds. The standard InChI is InChI=1S/C26H24ClN3O4/c1-3-32-21-15-14-18(16-22(21)33-4-2)24(31)28-23(19-12-8-9-13-20(19)27)26-30-29-25(34-26)17-10-6-5-7-11-17/h5-16,23H,3-4H2,1-2H3,(H,28,31)/t23-/m0/s1. The molecule has 4 aromatic rings. The van der Waals surface area contributed by atoms with Gasteiger partial charge in [-0.25, -0.2) is 0 Å². The number of rotatable bonds is 9. The third-order valence-corrected chi connectivity index (χ3v) is 5.35. The number of carbonyl (C=O) groups is 1. The molecular weight excluding hydrogens is 454 g/mol. The summed E-state index contributed by atoms with van der Waals surface area (Å²) in [7, 11) is 0. The second-order valence-corrected chi connectivity index (χ2v) is 7.67. The first-order valence-corrected chi connectivity index (χ1v) is 11.3. The van der Waals surface area contributed by atoms with Crippen LogP contribution in [0.5, 0.6) is 11.5 Å².